The summed E-state index contributed by atoms with van der Waals surface area (Å²) in [5, 5.41) is 7.85. The van der Waals surface area contributed by atoms with Gasteiger partial charge in [-0.2, -0.15) is 0 Å². The van der Waals surface area contributed by atoms with E-state index in [-0.39, 0.29) is 11.1 Å². The summed E-state index contributed by atoms with van der Waals surface area (Å²) in [6.45, 7) is 0. The van der Waals surface area contributed by atoms with Gasteiger partial charge in [-0.05, 0) is 34.9 Å². The van der Waals surface area contributed by atoms with Crippen molar-refractivity contribution in [1.82, 2.24) is 0 Å². The summed E-state index contributed by atoms with van der Waals surface area (Å²) in [4.78, 5) is 11.3. The Bertz CT molecular complexity index is 941. The topological polar surface area (TPSA) is 107 Å². The molecule has 0 saturated heterocycles. The van der Waals surface area contributed by atoms with Crippen LogP contribution < -0.4 is 10.5 Å². The first-order valence-corrected chi connectivity index (χ1v) is 9.02. The zero-order valence-electron chi connectivity index (χ0n) is 13.3. The normalized spacial score (nSPS) is 13.3. The van der Waals surface area contributed by atoms with Gasteiger partial charge in [-0.1, -0.05) is 24.3 Å². The highest BCUT2D eigenvalue weighted by Gasteiger charge is 2.33. The molecule has 1 unspecified atom stereocenters. The van der Waals surface area contributed by atoms with Crippen LogP contribution in [0.15, 0.2) is 42.5 Å². The Morgan fingerprint density at radius 1 is 1.15 bits per heavy atom. The van der Waals surface area contributed by atoms with Crippen molar-refractivity contribution in [2.45, 2.75) is 11.7 Å². The lowest BCUT2D eigenvalue weighted by atomic mass is 10.0. The van der Waals surface area contributed by atoms with Crippen LogP contribution in [0.1, 0.15) is 21.3 Å². The first kappa shape index (κ1) is 19.7. The van der Waals surface area contributed by atoms with E-state index in [1.54, 1.807) is 6.07 Å². The highest BCUT2D eigenvalue weighted by atomic mass is 32.2. The number of aromatic carboxylic acids is 1. The number of alkyl halides is 3. The summed E-state index contributed by atoms with van der Waals surface area (Å²) in [7, 11) is -3.56. The van der Waals surface area contributed by atoms with E-state index in [2.05, 4.69) is 4.74 Å². The van der Waals surface area contributed by atoms with Gasteiger partial charge in [0, 0.05) is 6.26 Å². The summed E-state index contributed by atoms with van der Waals surface area (Å²) < 4.78 is 64.0. The lowest BCUT2D eigenvalue weighted by Crippen LogP contribution is -2.20. The first-order valence-electron chi connectivity index (χ1n) is 7.06. The molecule has 0 fully saturated rings. The number of rotatable bonds is 5. The van der Waals surface area contributed by atoms with Gasteiger partial charge in [0.2, 0.25) is 0 Å². The number of benzene rings is 2. The summed E-state index contributed by atoms with van der Waals surface area (Å²) >= 11 is 0. The molecular weight excluding hydrogens is 375 g/mol. The SMILES string of the molecule is CS(=O)(=O)C(N)c1cccc(-c2ccc(OC(F)(F)F)c(C(=O)O)c2)c1. The van der Waals surface area contributed by atoms with Gasteiger partial charge in [0.15, 0.2) is 9.84 Å². The number of halogens is 3. The van der Waals surface area contributed by atoms with E-state index in [1.807, 2.05) is 0 Å². The van der Waals surface area contributed by atoms with Crippen molar-refractivity contribution >= 4 is 15.8 Å². The molecule has 140 valence electrons. The Labute approximate surface area is 146 Å². The highest BCUT2D eigenvalue weighted by Crippen LogP contribution is 2.31. The molecule has 0 aliphatic heterocycles. The Morgan fingerprint density at radius 2 is 1.77 bits per heavy atom. The second-order valence-electron chi connectivity index (χ2n) is 5.44. The predicted octanol–water partition coefficient (Wildman–Crippen LogP) is 2.95. The third kappa shape index (κ3) is 4.73. The van der Waals surface area contributed by atoms with Crippen molar-refractivity contribution in [3.8, 4) is 16.9 Å². The molecule has 0 aliphatic carbocycles. The molecule has 26 heavy (non-hydrogen) atoms. The van der Waals surface area contributed by atoms with Crippen LogP contribution in [0.3, 0.4) is 0 Å². The third-order valence-electron chi connectivity index (χ3n) is 3.45. The summed E-state index contributed by atoms with van der Waals surface area (Å²) in [5.41, 5.74) is 5.90. The van der Waals surface area contributed by atoms with Crippen LogP contribution in [-0.2, 0) is 9.84 Å². The maximum absolute atomic E-state index is 12.4. The zero-order valence-corrected chi connectivity index (χ0v) is 14.1. The number of sulfone groups is 1. The lowest BCUT2D eigenvalue weighted by molar-refractivity contribution is -0.274. The van der Waals surface area contributed by atoms with Crippen molar-refractivity contribution in [3.63, 3.8) is 0 Å². The van der Waals surface area contributed by atoms with Gasteiger partial charge in [-0.3, -0.25) is 0 Å². The zero-order chi connectivity index (χ0) is 19.7. The monoisotopic (exact) mass is 389 g/mol. The van der Waals surface area contributed by atoms with Crippen LogP contribution in [-0.4, -0.2) is 32.1 Å². The Hall–Kier alpha value is -2.59. The minimum Gasteiger partial charge on any atom is -0.478 e. The predicted molar refractivity (Wildman–Crippen MR) is 87.3 cm³/mol. The van der Waals surface area contributed by atoms with Crippen LogP contribution in [0.2, 0.25) is 0 Å². The summed E-state index contributed by atoms with van der Waals surface area (Å²) in [6.07, 6.45) is -4.07. The van der Waals surface area contributed by atoms with Gasteiger partial charge in [-0.15, -0.1) is 13.2 Å². The molecule has 0 bridgehead atoms. The molecule has 0 saturated carbocycles. The van der Waals surface area contributed by atoms with E-state index in [0.29, 0.717) is 5.56 Å². The number of carboxylic acids is 1. The average molecular weight is 389 g/mol. The quantitative estimate of drug-likeness (QED) is 0.814. The molecule has 0 aromatic heterocycles. The molecule has 3 N–H and O–H groups in total. The molecule has 0 spiro atoms. The standard InChI is InChI=1S/C16H14F3NO5S/c1-26(23,24)14(20)11-4-2-3-9(7-11)10-5-6-13(25-16(17,18)19)12(8-10)15(21)22/h2-8,14H,20H2,1H3,(H,21,22). The number of carbonyl (C=O) groups is 1. The van der Waals surface area contributed by atoms with Gasteiger partial charge >= 0.3 is 12.3 Å². The molecule has 0 radical (unpaired) electrons. The molecule has 2 aromatic rings. The summed E-state index contributed by atoms with van der Waals surface area (Å²) in [6, 6.07) is 9.09. The van der Waals surface area contributed by atoms with Crippen molar-refractivity contribution in [3.05, 3.63) is 53.6 Å². The van der Waals surface area contributed by atoms with Crippen molar-refractivity contribution in [2.75, 3.05) is 6.26 Å². The fraction of sp³-hybridized carbons (Fsp3) is 0.188. The van der Waals surface area contributed by atoms with Crippen LogP contribution in [0.25, 0.3) is 11.1 Å². The van der Waals surface area contributed by atoms with Crippen LogP contribution in [0.4, 0.5) is 13.2 Å². The first-order chi connectivity index (χ1) is 11.9. The number of nitrogens with two attached hydrogens (primary N) is 1. The van der Waals surface area contributed by atoms with Gasteiger partial charge in [0.25, 0.3) is 0 Å². The van der Waals surface area contributed by atoms with Crippen molar-refractivity contribution in [2.24, 2.45) is 5.73 Å². The molecule has 2 aromatic carbocycles. The molecule has 10 heteroatoms. The van der Waals surface area contributed by atoms with Crippen molar-refractivity contribution in [1.29, 1.82) is 0 Å². The fourth-order valence-electron chi connectivity index (χ4n) is 2.23. The largest absolute Gasteiger partial charge is 0.573 e. The third-order valence-corrected chi connectivity index (χ3v) is 4.64. The van der Waals surface area contributed by atoms with E-state index in [4.69, 9.17) is 10.8 Å². The number of hydrogen-bond acceptors (Lipinski definition) is 5. The molecule has 6 nitrogen and oxygen atoms in total. The van der Waals surface area contributed by atoms with Gasteiger partial charge < -0.3 is 15.6 Å². The number of hydrogen-bond donors (Lipinski definition) is 2. The molecular formula is C16H14F3NO5S. The van der Waals surface area contributed by atoms with E-state index in [1.165, 1.54) is 24.3 Å². The molecule has 0 aliphatic rings. The fourth-order valence-corrected chi connectivity index (χ4v) is 2.87. The second kappa shape index (κ2) is 6.96. The van der Waals surface area contributed by atoms with Crippen molar-refractivity contribution < 1.29 is 36.2 Å². The molecule has 0 amide bonds. The van der Waals surface area contributed by atoms with E-state index in [9.17, 15) is 26.4 Å². The van der Waals surface area contributed by atoms with E-state index < -0.39 is 38.9 Å². The maximum atomic E-state index is 12.4. The van der Waals surface area contributed by atoms with Crippen LogP contribution >= 0.6 is 0 Å². The smallest absolute Gasteiger partial charge is 0.478 e. The molecule has 1 atom stereocenters. The van der Waals surface area contributed by atoms with Crippen LogP contribution in [0.5, 0.6) is 5.75 Å². The minimum atomic E-state index is -5.03. The van der Waals surface area contributed by atoms with E-state index >= 15 is 0 Å². The summed E-state index contributed by atoms with van der Waals surface area (Å²) in [5.74, 6) is -2.45. The highest BCUT2D eigenvalue weighted by molar-refractivity contribution is 7.90. The number of carboxylic acid groups (broad SMARTS) is 1. The van der Waals surface area contributed by atoms with Gasteiger partial charge in [-0.25, -0.2) is 13.2 Å². The van der Waals surface area contributed by atoms with Crippen LogP contribution in [0, 0.1) is 0 Å². The minimum absolute atomic E-state index is 0.262. The Morgan fingerprint density at radius 3 is 2.31 bits per heavy atom. The Kier molecular flexibility index (Phi) is 5.28. The molecule has 0 heterocycles. The van der Waals surface area contributed by atoms with E-state index in [0.717, 1.165) is 18.4 Å². The van der Waals surface area contributed by atoms with Gasteiger partial charge in [0.05, 0.1) is 0 Å². The average Bonchev–Trinajstić information content (AvgIpc) is 2.52. The Balaban J connectivity index is 2.50. The number of ether oxygens (including phenoxy) is 1. The lowest BCUT2D eigenvalue weighted by Gasteiger charge is -2.14. The molecule has 2 rings (SSSR count). The van der Waals surface area contributed by atoms with Gasteiger partial charge in [0.1, 0.15) is 16.7 Å². The second-order valence-corrected chi connectivity index (χ2v) is 7.61. The maximum Gasteiger partial charge on any atom is 0.573 e.